The van der Waals surface area contributed by atoms with Crippen LogP contribution >= 0.6 is 0 Å². The quantitative estimate of drug-likeness (QED) is 0.804. The predicted molar refractivity (Wildman–Crippen MR) is 85.3 cm³/mol. The number of carbonyl (C=O) groups is 3. The molecule has 1 atom stereocenters. The van der Waals surface area contributed by atoms with Gasteiger partial charge in [0.1, 0.15) is 6.54 Å². The van der Waals surface area contributed by atoms with E-state index in [1.54, 1.807) is 0 Å². The van der Waals surface area contributed by atoms with Crippen LogP contribution in [0.15, 0.2) is 0 Å². The van der Waals surface area contributed by atoms with Crippen LogP contribution in [0, 0.1) is 5.92 Å². The Balaban J connectivity index is 1.67. The Bertz CT molecular complexity index is 497. The lowest BCUT2D eigenvalue weighted by molar-refractivity contribution is -0.149. The Labute approximate surface area is 141 Å². The molecule has 0 bridgehead atoms. The second kappa shape index (κ2) is 7.51. The lowest BCUT2D eigenvalue weighted by Gasteiger charge is -2.34. The van der Waals surface area contributed by atoms with E-state index in [1.807, 2.05) is 4.90 Å². The van der Waals surface area contributed by atoms with Gasteiger partial charge in [-0.2, -0.15) is 0 Å². The molecule has 24 heavy (non-hydrogen) atoms. The third-order valence-corrected chi connectivity index (χ3v) is 5.49. The summed E-state index contributed by atoms with van der Waals surface area (Å²) in [4.78, 5) is 39.8. The van der Waals surface area contributed by atoms with Crippen molar-refractivity contribution in [1.29, 1.82) is 0 Å². The average molecular weight is 338 g/mol. The van der Waals surface area contributed by atoms with E-state index in [4.69, 9.17) is 4.74 Å². The number of carbonyl (C=O) groups excluding carboxylic acids is 2. The summed E-state index contributed by atoms with van der Waals surface area (Å²) in [5.41, 5.74) is 0. The molecule has 0 aromatic carbocycles. The minimum atomic E-state index is -1.01. The minimum Gasteiger partial charge on any atom is -0.480 e. The number of carboxylic acid groups (broad SMARTS) is 1. The van der Waals surface area contributed by atoms with Crippen molar-refractivity contribution >= 4 is 17.8 Å². The topological polar surface area (TPSA) is 87.2 Å². The van der Waals surface area contributed by atoms with Gasteiger partial charge < -0.3 is 19.6 Å². The third-order valence-electron chi connectivity index (χ3n) is 5.49. The number of carboxylic acids is 1. The maximum Gasteiger partial charge on any atom is 0.323 e. The van der Waals surface area contributed by atoms with Gasteiger partial charge in [0.05, 0.1) is 5.92 Å². The molecule has 3 rings (SSSR count). The molecule has 2 amide bonds. The van der Waals surface area contributed by atoms with Crippen LogP contribution in [-0.2, 0) is 19.1 Å². The summed E-state index contributed by atoms with van der Waals surface area (Å²) in [6, 6.07) is 0.171. The number of rotatable bonds is 5. The highest BCUT2D eigenvalue weighted by atomic mass is 16.5. The molecule has 1 N–H and O–H groups in total. The molecule has 0 spiro atoms. The van der Waals surface area contributed by atoms with E-state index in [2.05, 4.69) is 0 Å². The number of ether oxygens (including phenoxy) is 1. The summed E-state index contributed by atoms with van der Waals surface area (Å²) in [5.74, 6) is -1.55. The monoisotopic (exact) mass is 338 g/mol. The first-order chi connectivity index (χ1) is 11.6. The van der Waals surface area contributed by atoms with Gasteiger partial charge in [-0.3, -0.25) is 14.4 Å². The van der Waals surface area contributed by atoms with E-state index < -0.39 is 11.9 Å². The van der Waals surface area contributed by atoms with Gasteiger partial charge in [0, 0.05) is 38.3 Å². The third kappa shape index (κ3) is 3.71. The Morgan fingerprint density at radius 2 is 1.83 bits per heavy atom. The van der Waals surface area contributed by atoms with Gasteiger partial charge >= 0.3 is 5.97 Å². The molecular formula is C17H26N2O5. The Morgan fingerprint density at radius 3 is 2.46 bits per heavy atom. The minimum absolute atomic E-state index is 0.0440. The standard InChI is InChI=1S/C17H26N2O5/c20-15-9-12(10-18(15)13-3-1-2-4-13)17(23)19(11-16(21)22)14-5-7-24-8-6-14/h12-14H,1-11H2,(H,21,22)/t12-/m0/s1. The van der Waals surface area contributed by atoms with Gasteiger partial charge in [-0.25, -0.2) is 0 Å². The van der Waals surface area contributed by atoms with Gasteiger partial charge in [0.25, 0.3) is 0 Å². The average Bonchev–Trinajstić information content (AvgIpc) is 3.22. The highest BCUT2D eigenvalue weighted by Gasteiger charge is 2.41. The highest BCUT2D eigenvalue weighted by Crippen LogP contribution is 2.31. The van der Waals surface area contributed by atoms with Crippen LogP contribution in [0.1, 0.15) is 44.9 Å². The van der Waals surface area contributed by atoms with Crippen LogP contribution in [0.5, 0.6) is 0 Å². The maximum atomic E-state index is 12.9. The molecule has 0 aromatic heterocycles. The zero-order chi connectivity index (χ0) is 17.1. The first-order valence-electron chi connectivity index (χ1n) is 8.95. The van der Waals surface area contributed by atoms with Gasteiger partial charge in [0.15, 0.2) is 0 Å². The van der Waals surface area contributed by atoms with Gasteiger partial charge in [-0.1, -0.05) is 12.8 Å². The molecule has 0 radical (unpaired) electrons. The fourth-order valence-electron chi connectivity index (χ4n) is 4.23. The lowest BCUT2D eigenvalue weighted by atomic mass is 10.0. The first kappa shape index (κ1) is 17.2. The van der Waals surface area contributed by atoms with Crippen molar-refractivity contribution in [2.75, 3.05) is 26.3 Å². The highest BCUT2D eigenvalue weighted by molar-refractivity contribution is 5.91. The van der Waals surface area contributed by atoms with Crippen LogP contribution in [0.2, 0.25) is 0 Å². The molecule has 3 fully saturated rings. The van der Waals surface area contributed by atoms with Gasteiger partial charge in [-0.05, 0) is 25.7 Å². The molecular weight excluding hydrogens is 312 g/mol. The van der Waals surface area contributed by atoms with Crippen molar-refractivity contribution in [3.8, 4) is 0 Å². The van der Waals surface area contributed by atoms with E-state index in [-0.39, 0.29) is 36.9 Å². The zero-order valence-electron chi connectivity index (χ0n) is 14.0. The zero-order valence-corrected chi connectivity index (χ0v) is 14.0. The number of nitrogens with zero attached hydrogens (tertiary/aromatic N) is 2. The second-order valence-corrected chi connectivity index (χ2v) is 7.09. The lowest BCUT2D eigenvalue weighted by Crippen LogP contribution is -2.49. The molecule has 2 saturated heterocycles. The Kier molecular flexibility index (Phi) is 5.38. The van der Waals surface area contributed by atoms with Crippen molar-refractivity contribution in [3.63, 3.8) is 0 Å². The Hall–Kier alpha value is -1.63. The number of likely N-dealkylation sites (tertiary alicyclic amines) is 1. The SMILES string of the molecule is O=C(O)CN(C(=O)[C@H]1CC(=O)N(C2CCCC2)C1)C1CCOCC1. The summed E-state index contributed by atoms with van der Waals surface area (Å²) < 4.78 is 5.31. The fourth-order valence-corrected chi connectivity index (χ4v) is 4.23. The van der Waals surface area contributed by atoms with Crippen LogP contribution < -0.4 is 0 Å². The molecule has 7 heteroatoms. The molecule has 134 valence electrons. The van der Waals surface area contributed by atoms with Gasteiger partial charge in [0.2, 0.25) is 11.8 Å². The van der Waals surface area contributed by atoms with E-state index >= 15 is 0 Å². The largest absolute Gasteiger partial charge is 0.480 e. The fraction of sp³-hybridized carbons (Fsp3) is 0.824. The summed E-state index contributed by atoms with van der Waals surface area (Å²) >= 11 is 0. The number of hydrogen-bond donors (Lipinski definition) is 1. The van der Waals surface area contributed by atoms with Crippen molar-refractivity contribution < 1.29 is 24.2 Å². The molecule has 2 heterocycles. The first-order valence-corrected chi connectivity index (χ1v) is 8.95. The molecule has 1 aliphatic carbocycles. The second-order valence-electron chi connectivity index (χ2n) is 7.09. The van der Waals surface area contributed by atoms with E-state index in [1.165, 1.54) is 4.90 Å². The van der Waals surface area contributed by atoms with Crippen LogP contribution in [0.25, 0.3) is 0 Å². The summed E-state index contributed by atoms with van der Waals surface area (Å²) in [5, 5.41) is 9.18. The van der Waals surface area contributed by atoms with Crippen LogP contribution in [0.4, 0.5) is 0 Å². The van der Waals surface area contributed by atoms with Crippen molar-refractivity contribution in [3.05, 3.63) is 0 Å². The molecule has 1 saturated carbocycles. The smallest absolute Gasteiger partial charge is 0.323 e. The summed E-state index contributed by atoms with van der Waals surface area (Å²) in [6.45, 7) is 1.25. The van der Waals surface area contributed by atoms with E-state index in [9.17, 15) is 19.5 Å². The molecule has 3 aliphatic rings. The Morgan fingerprint density at radius 1 is 1.17 bits per heavy atom. The van der Waals surface area contributed by atoms with E-state index in [0.717, 1.165) is 25.7 Å². The van der Waals surface area contributed by atoms with Crippen LogP contribution in [0.3, 0.4) is 0 Å². The molecule has 0 unspecified atom stereocenters. The van der Waals surface area contributed by atoms with E-state index in [0.29, 0.717) is 32.6 Å². The van der Waals surface area contributed by atoms with Crippen LogP contribution in [-0.4, -0.2) is 71.1 Å². The molecule has 0 aromatic rings. The summed E-state index contributed by atoms with van der Waals surface area (Å²) in [7, 11) is 0. The molecule has 7 nitrogen and oxygen atoms in total. The molecule has 2 aliphatic heterocycles. The van der Waals surface area contributed by atoms with Crippen molar-refractivity contribution in [1.82, 2.24) is 9.80 Å². The number of hydrogen-bond acceptors (Lipinski definition) is 4. The number of amides is 2. The summed E-state index contributed by atoms with van der Waals surface area (Å²) in [6.07, 6.45) is 5.85. The van der Waals surface area contributed by atoms with Gasteiger partial charge in [-0.15, -0.1) is 0 Å². The van der Waals surface area contributed by atoms with Crippen molar-refractivity contribution in [2.24, 2.45) is 5.92 Å². The predicted octanol–water partition coefficient (Wildman–Crippen LogP) is 0.870. The van der Waals surface area contributed by atoms with Crippen molar-refractivity contribution in [2.45, 2.75) is 57.0 Å². The maximum absolute atomic E-state index is 12.9. The number of aliphatic carboxylic acids is 1. The normalized spacial score (nSPS) is 26.1.